The lowest BCUT2D eigenvalue weighted by atomic mass is 10.2. The van der Waals surface area contributed by atoms with E-state index < -0.39 is 5.92 Å². The maximum absolute atomic E-state index is 11.1. The fraction of sp³-hybridized carbons (Fsp3) is 0.333. The van der Waals surface area contributed by atoms with Crippen LogP contribution in [0.2, 0.25) is 0 Å². The van der Waals surface area contributed by atoms with Crippen LogP contribution < -0.4 is 5.32 Å². The highest BCUT2D eigenvalue weighted by molar-refractivity contribution is 7.10. The first kappa shape index (κ1) is 8.62. The van der Waals surface area contributed by atoms with E-state index in [0.29, 0.717) is 5.00 Å². The van der Waals surface area contributed by atoms with Crippen LogP contribution in [0.4, 0.5) is 5.00 Å². The topological polar surface area (TPSA) is 78.7 Å². The molecule has 1 unspecified atom stereocenters. The van der Waals surface area contributed by atoms with Crippen molar-refractivity contribution in [3.05, 3.63) is 6.20 Å². The van der Waals surface area contributed by atoms with Gasteiger partial charge in [-0.3, -0.25) is 4.79 Å². The molecule has 0 fully saturated rings. The number of nitrogens with zero attached hydrogens (tertiary/aromatic N) is 3. The Morgan fingerprint density at radius 3 is 3.17 bits per heavy atom. The number of carbonyl (C=O) groups is 1. The summed E-state index contributed by atoms with van der Waals surface area (Å²) in [5, 5.41) is 15.0. The SMILES string of the molecule is CC(C#N)C(=O)Nc1cnns1. The number of hydrogen-bond acceptors (Lipinski definition) is 5. The van der Waals surface area contributed by atoms with Gasteiger partial charge in [-0.1, -0.05) is 4.49 Å². The molecule has 1 atom stereocenters. The number of nitriles is 1. The van der Waals surface area contributed by atoms with Crippen molar-refractivity contribution < 1.29 is 4.79 Å². The monoisotopic (exact) mass is 182 g/mol. The summed E-state index contributed by atoms with van der Waals surface area (Å²) >= 11 is 1.08. The molecule has 12 heavy (non-hydrogen) atoms. The Morgan fingerprint density at radius 2 is 2.67 bits per heavy atom. The summed E-state index contributed by atoms with van der Waals surface area (Å²) in [4.78, 5) is 11.1. The smallest absolute Gasteiger partial charge is 0.242 e. The Bertz CT molecular complexity index is 302. The molecule has 0 saturated heterocycles. The molecule has 0 aliphatic carbocycles. The molecule has 0 bridgehead atoms. The largest absolute Gasteiger partial charge is 0.314 e. The van der Waals surface area contributed by atoms with Gasteiger partial charge in [0, 0.05) is 11.5 Å². The van der Waals surface area contributed by atoms with Crippen LogP contribution in [0.15, 0.2) is 6.20 Å². The van der Waals surface area contributed by atoms with Gasteiger partial charge >= 0.3 is 0 Å². The average Bonchev–Trinajstić information content (AvgIpc) is 2.55. The summed E-state index contributed by atoms with van der Waals surface area (Å²) in [6.45, 7) is 1.53. The molecule has 62 valence electrons. The van der Waals surface area contributed by atoms with E-state index in [4.69, 9.17) is 5.26 Å². The minimum Gasteiger partial charge on any atom is -0.314 e. The van der Waals surface area contributed by atoms with Gasteiger partial charge in [0.25, 0.3) is 0 Å². The van der Waals surface area contributed by atoms with Crippen LogP contribution in [0.3, 0.4) is 0 Å². The van der Waals surface area contributed by atoms with Gasteiger partial charge in [0.1, 0.15) is 10.9 Å². The van der Waals surface area contributed by atoms with Crippen molar-refractivity contribution in [3.8, 4) is 6.07 Å². The molecule has 1 rings (SSSR count). The Labute approximate surface area is 73.2 Å². The lowest BCUT2D eigenvalue weighted by Gasteiger charge is -2.00. The molecule has 1 amide bonds. The Morgan fingerprint density at radius 1 is 1.92 bits per heavy atom. The van der Waals surface area contributed by atoms with Gasteiger partial charge < -0.3 is 5.32 Å². The molecule has 0 aliphatic heterocycles. The molecule has 0 radical (unpaired) electrons. The maximum Gasteiger partial charge on any atom is 0.242 e. The van der Waals surface area contributed by atoms with Crippen molar-refractivity contribution in [2.45, 2.75) is 6.92 Å². The molecular weight excluding hydrogens is 176 g/mol. The molecule has 1 aromatic rings. The molecular formula is C6H6N4OS. The number of rotatable bonds is 2. The summed E-state index contributed by atoms with van der Waals surface area (Å²) in [6.07, 6.45) is 1.44. The van der Waals surface area contributed by atoms with Crippen LogP contribution in [0.5, 0.6) is 0 Å². The average molecular weight is 182 g/mol. The summed E-state index contributed by atoms with van der Waals surface area (Å²) in [7, 11) is 0. The van der Waals surface area contributed by atoms with Crippen molar-refractivity contribution in [1.82, 2.24) is 9.59 Å². The van der Waals surface area contributed by atoms with Gasteiger partial charge in [0.15, 0.2) is 0 Å². The summed E-state index contributed by atoms with van der Waals surface area (Å²) < 4.78 is 3.55. The number of nitrogens with one attached hydrogen (secondary N) is 1. The van der Waals surface area contributed by atoms with Crippen LogP contribution in [0.25, 0.3) is 0 Å². The van der Waals surface area contributed by atoms with Gasteiger partial charge in [0.2, 0.25) is 5.91 Å². The first-order valence-corrected chi connectivity index (χ1v) is 3.99. The first-order chi connectivity index (χ1) is 5.74. The Balaban J connectivity index is 2.54. The quantitative estimate of drug-likeness (QED) is 0.727. The van der Waals surface area contributed by atoms with Crippen molar-refractivity contribution in [3.63, 3.8) is 0 Å². The second-order valence-corrected chi connectivity index (χ2v) is 2.91. The fourth-order valence-electron chi connectivity index (χ4n) is 0.511. The van der Waals surface area contributed by atoms with E-state index in [9.17, 15) is 4.79 Å². The lowest BCUT2D eigenvalue weighted by molar-refractivity contribution is -0.117. The van der Waals surface area contributed by atoms with E-state index in [0.717, 1.165) is 11.5 Å². The number of carbonyl (C=O) groups excluding carboxylic acids is 1. The number of aromatic nitrogens is 2. The minimum absolute atomic E-state index is 0.330. The Kier molecular flexibility index (Phi) is 2.71. The molecule has 0 aromatic carbocycles. The van der Waals surface area contributed by atoms with Crippen LogP contribution in [0, 0.1) is 17.2 Å². The van der Waals surface area contributed by atoms with Gasteiger partial charge in [-0.25, -0.2) is 0 Å². The second-order valence-electron chi connectivity index (χ2n) is 2.12. The van der Waals surface area contributed by atoms with E-state index in [1.165, 1.54) is 13.1 Å². The maximum atomic E-state index is 11.1. The predicted molar refractivity (Wildman–Crippen MR) is 43.3 cm³/mol. The highest BCUT2D eigenvalue weighted by atomic mass is 32.1. The third-order valence-corrected chi connectivity index (χ3v) is 1.77. The van der Waals surface area contributed by atoms with Gasteiger partial charge in [-0.2, -0.15) is 5.26 Å². The predicted octanol–water partition coefficient (Wildman–Crippen LogP) is 0.636. The van der Waals surface area contributed by atoms with Gasteiger partial charge in [0.05, 0.1) is 12.3 Å². The second kappa shape index (κ2) is 3.78. The van der Waals surface area contributed by atoms with Gasteiger partial charge in [-0.05, 0) is 6.92 Å². The summed E-state index contributed by atoms with van der Waals surface area (Å²) in [5.41, 5.74) is 0. The van der Waals surface area contributed by atoms with Crippen LogP contribution >= 0.6 is 11.5 Å². The van der Waals surface area contributed by atoms with Crippen molar-refractivity contribution in [2.75, 3.05) is 5.32 Å². The number of amides is 1. The van der Waals surface area contributed by atoms with E-state index >= 15 is 0 Å². The fourth-order valence-corrected chi connectivity index (χ4v) is 0.933. The van der Waals surface area contributed by atoms with E-state index in [1.807, 2.05) is 6.07 Å². The third kappa shape index (κ3) is 2.00. The van der Waals surface area contributed by atoms with Crippen LogP contribution in [-0.2, 0) is 4.79 Å². The zero-order chi connectivity index (χ0) is 8.97. The van der Waals surface area contributed by atoms with E-state index in [-0.39, 0.29) is 5.91 Å². The molecule has 6 heteroatoms. The van der Waals surface area contributed by atoms with Crippen LogP contribution in [0.1, 0.15) is 6.92 Å². The van der Waals surface area contributed by atoms with Crippen molar-refractivity contribution in [2.24, 2.45) is 5.92 Å². The Hall–Kier alpha value is -1.48. The zero-order valence-corrected chi connectivity index (χ0v) is 7.13. The molecule has 1 aromatic heterocycles. The summed E-state index contributed by atoms with van der Waals surface area (Å²) in [6, 6.07) is 1.83. The molecule has 0 spiro atoms. The third-order valence-electron chi connectivity index (χ3n) is 1.19. The van der Waals surface area contributed by atoms with Gasteiger partial charge in [-0.15, -0.1) is 5.10 Å². The van der Waals surface area contributed by atoms with Crippen molar-refractivity contribution in [1.29, 1.82) is 5.26 Å². The normalized spacial score (nSPS) is 11.7. The van der Waals surface area contributed by atoms with E-state index in [1.54, 1.807) is 0 Å². The molecule has 0 aliphatic rings. The number of anilines is 1. The highest BCUT2D eigenvalue weighted by Crippen LogP contribution is 2.10. The lowest BCUT2D eigenvalue weighted by Crippen LogP contribution is -2.18. The summed E-state index contributed by atoms with van der Waals surface area (Å²) in [5.74, 6) is -0.976. The molecule has 1 N–H and O–H groups in total. The minimum atomic E-state index is -0.646. The highest BCUT2D eigenvalue weighted by Gasteiger charge is 2.11. The number of hydrogen-bond donors (Lipinski definition) is 1. The standard InChI is InChI=1S/C6H6N4OS/c1-4(2-7)6(11)9-5-3-8-10-12-5/h3-4H,1H3,(H,9,11). The molecule has 1 heterocycles. The zero-order valence-electron chi connectivity index (χ0n) is 6.31. The molecule has 5 nitrogen and oxygen atoms in total. The van der Waals surface area contributed by atoms with Crippen molar-refractivity contribution >= 4 is 22.4 Å². The van der Waals surface area contributed by atoms with Crippen LogP contribution in [-0.4, -0.2) is 15.5 Å². The first-order valence-electron chi connectivity index (χ1n) is 3.22. The molecule has 0 saturated carbocycles. The van der Waals surface area contributed by atoms with E-state index in [2.05, 4.69) is 14.9 Å².